The molecule has 1 unspecified atom stereocenters. The fraction of sp³-hybridized carbons (Fsp3) is 0.385. The molecule has 0 radical (unpaired) electrons. The standard InChI is InChI=1S/C13H15BrFN3O/c1-3-18-10(12(14)8(2)17-18)7-11(19)13-9(15)5-4-6-16-13/h4-6,11,19H,3,7H2,1-2H3. The fourth-order valence-electron chi connectivity index (χ4n) is 1.99. The van der Waals surface area contributed by atoms with Gasteiger partial charge in [-0.1, -0.05) is 0 Å². The number of nitrogens with zero attached hydrogens (tertiary/aromatic N) is 3. The van der Waals surface area contributed by atoms with Gasteiger partial charge in [-0.05, 0) is 41.9 Å². The van der Waals surface area contributed by atoms with Crippen molar-refractivity contribution in [3.8, 4) is 0 Å². The Balaban J connectivity index is 2.29. The van der Waals surface area contributed by atoms with Gasteiger partial charge < -0.3 is 5.11 Å². The first kappa shape index (κ1) is 14.1. The predicted molar refractivity (Wildman–Crippen MR) is 73.2 cm³/mol. The SMILES string of the molecule is CCn1nc(C)c(Br)c1CC(O)c1ncccc1F. The Morgan fingerprint density at radius 3 is 2.89 bits per heavy atom. The molecule has 6 heteroatoms. The quantitative estimate of drug-likeness (QED) is 0.939. The number of aryl methyl sites for hydroxylation is 2. The first-order valence-corrected chi connectivity index (χ1v) is 6.84. The van der Waals surface area contributed by atoms with Gasteiger partial charge in [-0.25, -0.2) is 4.39 Å². The minimum Gasteiger partial charge on any atom is -0.386 e. The van der Waals surface area contributed by atoms with Crippen molar-refractivity contribution in [3.05, 3.63) is 45.7 Å². The summed E-state index contributed by atoms with van der Waals surface area (Å²) in [4.78, 5) is 3.90. The average molecular weight is 328 g/mol. The van der Waals surface area contributed by atoms with Crippen molar-refractivity contribution in [3.63, 3.8) is 0 Å². The molecule has 0 aromatic carbocycles. The lowest BCUT2D eigenvalue weighted by Crippen LogP contribution is -2.11. The van der Waals surface area contributed by atoms with Crippen molar-refractivity contribution in [1.29, 1.82) is 0 Å². The monoisotopic (exact) mass is 327 g/mol. The van der Waals surface area contributed by atoms with Gasteiger partial charge in [0, 0.05) is 19.2 Å². The zero-order chi connectivity index (χ0) is 14.0. The number of hydrogen-bond acceptors (Lipinski definition) is 3. The molecule has 0 bridgehead atoms. The van der Waals surface area contributed by atoms with Gasteiger partial charge in [-0.2, -0.15) is 5.10 Å². The molecule has 2 aromatic rings. The Labute approximate surface area is 119 Å². The molecule has 0 saturated heterocycles. The summed E-state index contributed by atoms with van der Waals surface area (Å²) < 4.78 is 16.2. The fourth-order valence-corrected chi connectivity index (χ4v) is 2.43. The lowest BCUT2D eigenvalue weighted by molar-refractivity contribution is 0.165. The van der Waals surface area contributed by atoms with Crippen LogP contribution < -0.4 is 0 Å². The average Bonchev–Trinajstić information content (AvgIpc) is 2.67. The van der Waals surface area contributed by atoms with Crippen molar-refractivity contribution in [2.45, 2.75) is 32.9 Å². The van der Waals surface area contributed by atoms with Gasteiger partial charge in [0.05, 0.1) is 15.9 Å². The molecule has 1 N–H and O–H groups in total. The third kappa shape index (κ3) is 2.84. The lowest BCUT2D eigenvalue weighted by Gasteiger charge is -2.12. The van der Waals surface area contributed by atoms with Crippen LogP contribution in [-0.2, 0) is 13.0 Å². The number of halogens is 2. The van der Waals surface area contributed by atoms with Crippen LogP contribution in [0.15, 0.2) is 22.8 Å². The molecule has 19 heavy (non-hydrogen) atoms. The van der Waals surface area contributed by atoms with Crippen molar-refractivity contribution in [1.82, 2.24) is 14.8 Å². The van der Waals surface area contributed by atoms with E-state index in [1.165, 1.54) is 18.3 Å². The van der Waals surface area contributed by atoms with Gasteiger partial charge in [0.25, 0.3) is 0 Å². The lowest BCUT2D eigenvalue weighted by atomic mass is 10.1. The second kappa shape index (κ2) is 5.79. The van der Waals surface area contributed by atoms with Crippen LogP contribution >= 0.6 is 15.9 Å². The molecule has 0 spiro atoms. The number of aliphatic hydroxyl groups excluding tert-OH is 1. The Morgan fingerprint density at radius 2 is 2.26 bits per heavy atom. The molecule has 0 aliphatic heterocycles. The smallest absolute Gasteiger partial charge is 0.147 e. The first-order chi connectivity index (χ1) is 9.04. The van der Waals surface area contributed by atoms with E-state index in [0.717, 1.165) is 15.9 Å². The van der Waals surface area contributed by atoms with E-state index in [4.69, 9.17) is 0 Å². The van der Waals surface area contributed by atoms with Gasteiger partial charge in [-0.3, -0.25) is 9.67 Å². The van der Waals surface area contributed by atoms with Crippen LogP contribution in [0.3, 0.4) is 0 Å². The largest absolute Gasteiger partial charge is 0.386 e. The molecule has 0 amide bonds. The molecule has 0 fully saturated rings. The molecule has 0 aliphatic rings. The second-order valence-corrected chi connectivity index (χ2v) is 5.05. The topological polar surface area (TPSA) is 50.9 Å². The van der Waals surface area contributed by atoms with Crippen molar-refractivity contribution < 1.29 is 9.50 Å². The van der Waals surface area contributed by atoms with Crippen LogP contribution in [0.1, 0.15) is 30.1 Å². The maximum absolute atomic E-state index is 13.6. The van der Waals surface area contributed by atoms with E-state index in [1.54, 1.807) is 4.68 Å². The van der Waals surface area contributed by atoms with Gasteiger partial charge >= 0.3 is 0 Å². The number of hydrogen-bond donors (Lipinski definition) is 1. The highest BCUT2D eigenvalue weighted by Gasteiger charge is 2.20. The van der Waals surface area contributed by atoms with Gasteiger partial charge in [0.2, 0.25) is 0 Å². The highest BCUT2D eigenvalue weighted by atomic mass is 79.9. The highest BCUT2D eigenvalue weighted by Crippen LogP contribution is 2.26. The third-order valence-electron chi connectivity index (χ3n) is 2.94. The molecule has 102 valence electrons. The maximum Gasteiger partial charge on any atom is 0.147 e. The zero-order valence-electron chi connectivity index (χ0n) is 10.8. The Kier molecular flexibility index (Phi) is 4.31. The molecule has 2 aromatic heterocycles. The molecular formula is C13H15BrFN3O. The summed E-state index contributed by atoms with van der Waals surface area (Å²) in [5.74, 6) is -0.495. The molecule has 2 heterocycles. The Bertz CT molecular complexity index is 585. The van der Waals surface area contributed by atoms with E-state index in [1.807, 2.05) is 13.8 Å². The maximum atomic E-state index is 13.6. The van der Waals surface area contributed by atoms with E-state index < -0.39 is 11.9 Å². The van der Waals surface area contributed by atoms with Crippen molar-refractivity contribution in [2.24, 2.45) is 0 Å². The van der Waals surface area contributed by atoms with E-state index in [0.29, 0.717) is 6.54 Å². The van der Waals surface area contributed by atoms with Gasteiger partial charge in [0.15, 0.2) is 0 Å². The van der Waals surface area contributed by atoms with Crippen LogP contribution in [0.5, 0.6) is 0 Å². The van der Waals surface area contributed by atoms with E-state index in [9.17, 15) is 9.50 Å². The molecule has 1 atom stereocenters. The van der Waals surface area contributed by atoms with Gasteiger partial charge in [0.1, 0.15) is 17.6 Å². The van der Waals surface area contributed by atoms with Crippen LogP contribution in [-0.4, -0.2) is 19.9 Å². The number of pyridine rings is 1. The second-order valence-electron chi connectivity index (χ2n) is 4.25. The molecular weight excluding hydrogens is 313 g/mol. The van der Waals surface area contributed by atoms with Crippen LogP contribution in [0.4, 0.5) is 4.39 Å². The molecule has 4 nitrogen and oxygen atoms in total. The zero-order valence-corrected chi connectivity index (χ0v) is 12.4. The van der Waals surface area contributed by atoms with Gasteiger partial charge in [-0.15, -0.1) is 0 Å². The normalized spacial score (nSPS) is 12.7. The van der Waals surface area contributed by atoms with Crippen LogP contribution in [0.25, 0.3) is 0 Å². The summed E-state index contributed by atoms with van der Waals surface area (Å²) in [5.41, 5.74) is 1.76. The summed E-state index contributed by atoms with van der Waals surface area (Å²) in [6.07, 6.45) is 0.751. The highest BCUT2D eigenvalue weighted by molar-refractivity contribution is 9.10. The molecule has 0 aliphatic carbocycles. The molecule has 2 rings (SSSR count). The summed E-state index contributed by atoms with van der Waals surface area (Å²) in [7, 11) is 0. The minimum atomic E-state index is -0.987. The van der Waals surface area contributed by atoms with Crippen LogP contribution in [0, 0.1) is 12.7 Å². The third-order valence-corrected chi connectivity index (χ3v) is 3.97. The summed E-state index contributed by atoms with van der Waals surface area (Å²) in [5, 5.41) is 14.5. The Hall–Kier alpha value is -1.27. The summed E-state index contributed by atoms with van der Waals surface area (Å²) in [6.45, 7) is 4.54. The molecule has 0 saturated carbocycles. The van der Waals surface area contributed by atoms with E-state index in [2.05, 4.69) is 26.0 Å². The minimum absolute atomic E-state index is 0.0657. The van der Waals surface area contributed by atoms with E-state index in [-0.39, 0.29) is 12.1 Å². The Morgan fingerprint density at radius 1 is 1.53 bits per heavy atom. The summed E-state index contributed by atoms with van der Waals surface area (Å²) >= 11 is 3.45. The number of aliphatic hydroxyl groups is 1. The van der Waals surface area contributed by atoms with Crippen molar-refractivity contribution in [2.75, 3.05) is 0 Å². The summed E-state index contributed by atoms with van der Waals surface area (Å²) in [6, 6.07) is 2.80. The number of aromatic nitrogens is 3. The van der Waals surface area contributed by atoms with E-state index >= 15 is 0 Å². The van der Waals surface area contributed by atoms with Crippen molar-refractivity contribution >= 4 is 15.9 Å². The number of rotatable bonds is 4. The predicted octanol–water partition coefficient (Wildman–Crippen LogP) is 2.78. The van der Waals surface area contributed by atoms with Crippen LogP contribution in [0.2, 0.25) is 0 Å². The first-order valence-electron chi connectivity index (χ1n) is 6.04.